The number of aryl methyl sites for hydroxylation is 1. The van der Waals surface area contributed by atoms with Crippen molar-refractivity contribution >= 4 is 5.78 Å². The van der Waals surface area contributed by atoms with Crippen LogP contribution in [0.1, 0.15) is 41.6 Å². The molecule has 1 aromatic rings. The van der Waals surface area contributed by atoms with Gasteiger partial charge in [0.05, 0.1) is 6.54 Å². The van der Waals surface area contributed by atoms with Crippen LogP contribution >= 0.6 is 0 Å². The highest BCUT2D eigenvalue weighted by Crippen LogP contribution is 2.24. The van der Waals surface area contributed by atoms with Crippen LogP contribution in [0.3, 0.4) is 0 Å². The molecule has 114 valence electrons. The van der Waals surface area contributed by atoms with Gasteiger partial charge < -0.3 is 0 Å². The molecule has 0 unspecified atom stereocenters. The average molecular weight is 286 g/mol. The third-order valence-electron chi connectivity index (χ3n) is 5.06. The number of hydrogen-bond donors (Lipinski definition) is 0. The highest BCUT2D eigenvalue weighted by atomic mass is 16.1. The first-order chi connectivity index (χ1) is 10.2. The van der Waals surface area contributed by atoms with Gasteiger partial charge in [-0.05, 0) is 25.3 Å². The van der Waals surface area contributed by atoms with E-state index in [-0.39, 0.29) is 5.78 Å². The Balaban J connectivity index is 1.51. The molecule has 1 saturated carbocycles. The molecule has 0 radical (unpaired) electrons. The van der Waals surface area contributed by atoms with Gasteiger partial charge in [0.1, 0.15) is 0 Å². The van der Waals surface area contributed by atoms with Crippen molar-refractivity contribution < 1.29 is 4.79 Å². The first-order valence-corrected chi connectivity index (χ1v) is 8.29. The lowest BCUT2D eigenvalue weighted by Gasteiger charge is -2.37. The Kier molecular flexibility index (Phi) is 4.71. The Hall–Kier alpha value is -1.19. The van der Waals surface area contributed by atoms with E-state index in [1.165, 1.54) is 25.7 Å². The van der Waals surface area contributed by atoms with Crippen molar-refractivity contribution in [1.29, 1.82) is 0 Å². The summed E-state index contributed by atoms with van der Waals surface area (Å²) in [6.45, 7) is 6.92. The van der Waals surface area contributed by atoms with Crippen molar-refractivity contribution in [2.75, 3.05) is 32.7 Å². The minimum Gasteiger partial charge on any atom is -0.298 e. The maximum atomic E-state index is 12.4. The van der Waals surface area contributed by atoms with Crippen molar-refractivity contribution in [3.63, 3.8) is 0 Å². The lowest BCUT2D eigenvalue weighted by atomic mass is 10.0. The van der Waals surface area contributed by atoms with E-state index in [1.54, 1.807) is 0 Å². The van der Waals surface area contributed by atoms with E-state index in [4.69, 9.17) is 0 Å². The number of hydrogen-bond acceptors (Lipinski definition) is 3. The summed E-state index contributed by atoms with van der Waals surface area (Å²) in [6, 6.07) is 8.74. The van der Waals surface area contributed by atoms with E-state index >= 15 is 0 Å². The predicted molar refractivity (Wildman–Crippen MR) is 85.8 cm³/mol. The van der Waals surface area contributed by atoms with E-state index in [0.717, 1.165) is 43.3 Å². The molecule has 0 amide bonds. The maximum absolute atomic E-state index is 12.4. The predicted octanol–water partition coefficient (Wildman–Crippen LogP) is 2.74. The Morgan fingerprint density at radius 2 is 1.76 bits per heavy atom. The van der Waals surface area contributed by atoms with E-state index in [9.17, 15) is 4.79 Å². The zero-order valence-corrected chi connectivity index (χ0v) is 13.1. The zero-order valence-electron chi connectivity index (χ0n) is 13.1. The number of ketones is 1. The zero-order chi connectivity index (χ0) is 14.7. The molecule has 3 heteroatoms. The van der Waals surface area contributed by atoms with Gasteiger partial charge in [0.2, 0.25) is 0 Å². The molecule has 0 N–H and O–H groups in total. The number of piperazine rings is 1. The second-order valence-electron chi connectivity index (χ2n) is 6.49. The summed E-state index contributed by atoms with van der Waals surface area (Å²) in [5, 5.41) is 0. The largest absolute Gasteiger partial charge is 0.298 e. The van der Waals surface area contributed by atoms with Gasteiger partial charge in [-0.25, -0.2) is 0 Å². The Morgan fingerprint density at radius 3 is 2.43 bits per heavy atom. The van der Waals surface area contributed by atoms with E-state index in [0.29, 0.717) is 6.54 Å². The highest BCUT2D eigenvalue weighted by molar-refractivity contribution is 5.98. The summed E-state index contributed by atoms with van der Waals surface area (Å²) >= 11 is 0. The van der Waals surface area contributed by atoms with Crippen LogP contribution in [0.2, 0.25) is 0 Å². The third-order valence-corrected chi connectivity index (χ3v) is 5.06. The molecule has 0 aromatic heterocycles. The van der Waals surface area contributed by atoms with Crippen molar-refractivity contribution in [1.82, 2.24) is 9.80 Å². The van der Waals surface area contributed by atoms with Crippen LogP contribution in [0.4, 0.5) is 0 Å². The topological polar surface area (TPSA) is 23.6 Å². The molecule has 0 atom stereocenters. The summed E-state index contributed by atoms with van der Waals surface area (Å²) < 4.78 is 0. The van der Waals surface area contributed by atoms with Crippen molar-refractivity contribution in [2.45, 2.75) is 38.6 Å². The molecule has 3 nitrogen and oxygen atoms in total. The third kappa shape index (κ3) is 3.53. The normalized spacial score (nSPS) is 21.8. The van der Waals surface area contributed by atoms with Gasteiger partial charge in [-0.2, -0.15) is 0 Å². The molecule has 3 rings (SSSR count). The van der Waals surface area contributed by atoms with Crippen LogP contribution < -0.4 is 0 Å². The number of nitrogens with zero attached hydrogens (tertiary/aromatic N) is 2. The average Bonchev–Trinajstić information content (AvgIpc) is 3.02. The first kappa shape index (κ1) is 14.7. The number of benzene rings is 1. The molecular formula is C18H26N2O. The second kappa shape index (κ2) is 6.71. The summed E-state index contributed by atoms with van der Waals surface area (Å²) in [5.74, 6) is 0.266. The van der Waals surface area contributed by atoms with Crippen LogP contribution in [0.5, 0.6) is 0 Å². The molecule has 2 fully saturated rings. The van der Waals surface area contributed by atoms with Crippen molar-refractivity contribution in [2.24, 2.45) is 0 Å². The number of carbonyl (C=O) groups is 1. The number of Topliss-reactive ketones (excluding diaryl/α,β-unsaturated/α-hetero) is 1. The lowest BCUT2D eigenvalue weighted by molar-refractivity contribution is 0.0775. The lowest BCUT2D eigenvalue weighted by Crippen LogP contribution is -2.50. The molecule has 1 saturated heterocycles. The van der Waals surface area contributed by atoms with E-state index < -0.39 is 0 Å². The van der Waals surface area contributed by atoms with Crippen LogP contribution in [0.15, 0.2) is 24.3 Å². The highest BCUT2D eigenvalue weighted by Gasteiger charge is 2.26. The van der Waals surface area contributed by atoms with Gasteiger partial charge in [-0.1, -0.05) is 37.1 Å². The molecule has 21 heavy (non-hydrogen) atoms. The maximum Gasteiger partial charge on any atom is 0.177 e. The Bertz CT molecular complexity index is 486. The summed E-state index contributed by atoms with van der Waals surface area (Å²) in [5.41, 5.74) is 1.97. The Labute approximate surface area is 127 Å². The summed E-state index contributed by atoms with van der Waals surface area (Å²) in [7, 11) is 0. The monoisotopic (exact) mass is 286 g/mol. The minimum atomic E-state index is 0.266. The molecule has 1 heterocycles. The fourth-order valence-corrected chi connectivity index (χ4v) is 3.73. The van der Waals surface area contributed by atoms with E-state index in [2.05, 4.69) is 9.80 Å². The van der Waals surface area contributed by atoms with Crippen LogP contribution in [-0.4, -0.2) is 54.3 Å². The number of rotatable bonds is 4. The van der Waals surface area contributed by atoms with Crippen LogP contribution in [0, 0.1) is 6.92 Å². The molecular weight excluding hydrogens is 260 g/mol. The minimum absolute atomic E-state index is 0.266. The SMILES string of the molecule is Cc1ccccc1C(=O)CN1CCN(C2CCCC2)CC1. The molecule has 1 aromatic carbocycles. The van der Waals surface area contributed by atoms with Gasteiger partial charge in [0.25, 0.3) is 0 Å². The smallest absolute Gasteiger partial charge is 0.177 e. The fourth-order valence-electron chi connectivity index (χ4n) is 3.73. The summed E-state index contributed by atoms with van der Waals surface area (Å²) in [4.78, 5) is 17.4. The van der Waals surface area contributed by atoms with Gasteiger partial charge in [0.15, 0.2) is 5.78 Å². The number of carbonyl (C=O) groups excluding carboxylic acids is 1. The second-order valence-corrected chi connectivity index (χ2v) is 6.49. The molecule has 1 aliphatic carbocycles. The van der Waals surface area contributed by atoms with Crippen molar-refractivity contribution in [3.8, 4) is 0 Å². The quantitative estimate of drug-likeness (QED) is 0.795. The fraction of sp³-hybridized carbons (Fsp3) is 0.611. The molecule has 0 spiro atoms. The molecule has 0 bridgehead atoms. The van der Waals surface area contributed by atoms with E-state index in [1.807, 2.05) is 31.2 Å². The van der Waals surface area contributed by atoms with Gasteiger partial charge >= 0.3 is 0 Å². The molecule has 2 aliphatic rings. The van der Waals surface area contributed by atoms with Gasteiger partial charge in [-0.15, -0.1) is 0 Å². The van der Waals surface area contributed by atoms with Gasteiger partial charge in [-0.3, -0.25) is 14.6 Å². The standard InChI is InChI=1S/C18H26N2O/c1-15-6-2-5-9-17(15)18(21)14-19-10-12-20(13-11-19)16-7-3-4-8-16/h2,5-6,9,16H,3-4,7-8,10-14H2,1H3. The molecule has 1 aliphatic heterocycles. The Morgan fingerprint density at radius 1 is 1.10 bits per heavy atom. The van der Waals surface area contributed by atoms with Crippen molar-refractivity contribution in [3.05, 3.63) is 35.4 Å². The summed E-state index contributed by atoms with van der Waals surface area (Å²) in [6.07, 6.45) is 5.55. The van der Waals surface area contributed by atoms with Crippen LogP contribution in [0.25, 0.3) is 0 Å². The van der Waals surface area contributed by atoms with Crippen LogP contribution in [-0.2, 0) is 0 Å². The van der Waals surface area contributed by atoms with Gasteiger partial charge in [0, 0.05) is 37.8 Å². The first-order valence-electron chi connectivity index (χ1n) is 8.29.